The molecule has 0 aliphatic rings. The van der Waals surface area contributed by atoms with Crippen molar-refractivity contribution >= 4 is 67.8 Å². The Morgan fingerprint density at radius 2 is 0.741 bits per heavy atom. The average molecular weight is 720 g/mol. The van der Waals surface area contributed by atoms with E-state index in [1.165, 1.54) is 0 Å². The first-order chi connectivity index (χ1) is 26.5. The maximum absolute atomic E-state index is 10.3. The van der Waals surface area contributed by atoms with Crippen molar-refractivity contribution in [3.63, 3.8) is 0 Å². The van der Waals surface area contributed by atoms with Crippen molar-refractivity contribution in [2.75, 3.05) is 0 Å². The first kappa shape index (κ1) is 33.3. The topological polar surface area (TPSA) is 89.0 Å². The molecule has 7 aromatic carbocycles. The van der Waals surface area contributed by atoms with E-state index in [-0.39, 0.29) is 5.28 Å². The first-order valence-electron chi connectivity index (χ1n) is 17.5. The largest absolute Gasteiger partial charge is 0.488 e. The van der Waals surface area contributed by atoms with Crippen LogP contribution in [0.5, 0.6) is 0 Å². The summed E-state index contributed by atoms with van der Waals surface area (Å²) >= 11 is 5.99. The van der Waals surface area contributed by atoms with Crippen LogP contribution in [0.25, 0.3) is 77.8 Å². The predicted octanol–water partition coefficient (Wildman–Crippen LogP) is 9.42. The zero-order chi connectivity index (χ0) is 36.6. The van der Waals surface area contributed by atoms with Gasteiger partial charge in [0.25, 0.3) is 0 Å². The van der Waals surface area contributed by atoms with Gasteiger partial charge in [0.1, 0.15) is 0 Å². The number of hydrogen-bond acceptors (Lipinski definition) is 5. The lowest BCUT2D eigenvalue weighted by Gasteiger charge is -2.15. The van der Waals surface area contributed by atoms with E-state index in [2.05, 4.69) is 103 Å². The highest BCUT2D eigenvalue weighted by Gasteiger charge is 2.20. The molecule has 0 fully saturated rings. The van der Waals surface area contributed by atoms with Crippen molar-refractivity contribution in [1.82, 2.24) is 24.1 Å². The number of nitrogens with zero attached hydrogens (tertiary/aromatic N) is 5. The number of benzene rings is 7. The van der Waals surface area contributed by atoms with Gasteiger partial charge in [-0.3, -0.25) is 0 Å². The van der Waals surface area contributed by atoms with Crippen molar-refractivity contribution in [2.45, 2.75) is 0 Å². The van der Waals surface area contributed by atoms with Crippen LogP contribution in [-0.4, -0.2) is 41.3 Å². The summed E-state index contributed by atoms with van der Waals surface area (Å²) in [5.74, 6) is 1.17. The van der Waals surface area contributed by atoms with Gasteiger partial charge in [0.05, 0.1) is 22.1 Å². The van der Waals surface area contributed by atoms with Crippen LogP contribution in [0.2, 0.25) is 5.28 Å². The molecular weight excluding hydrogens is 689 g/mol. The quantitative estimate of drug-likeness (QED) is 0.173. The third-order valence-corrected chi connectivity index (χ3v) is 9.74. The van der Waals surface area contributed by atoms with Crippen molar-refractivity contribution in [3.8, 4) is 34.2 Å². The van der Waals surface area contributed by atoms with E-state index in [1.807, 2.05) is 97.1 Å². The lowest BCUT2D eigenvalue weighted by Crippen LogP contribution is -2.30. The Kier molecular flexibility index (Phi) is 8.69. The second kappa shape index (κ2) is 14.1. The molecule has 0 aliphatic carbocycles. The minimum atomic E-state index is -1.59. The van der Waals surface area contributed by atoms with Crippen molar-refractivity contribution in [2.24, 2.45) is 0 Å². The second-order valence-corrected chi connectivity index (χ2v) is 13.2. The van der Waals surface area contributed by atoms with Crippen LogP contribution in [-0.2, 0) is 0 Å². The van der Waals surface area contributed by atoms with E-state index in [9.17, 15) is 10.0 Å². The standard InChI is InChI=1S/C30H21BN2O2.C15H10ClN3/c34-31(35)20-17-21(32-27-13-5-1-9-23(27)24-10-2-6-14-28(24)32)19-22(18-20)33-29-15-7-3-11-25(29)26-12-4-8-16-30(26)33;16-15-18-13(11-7-3-1-4-8-11)17-14(19-15)12-9-5-2-6-10-12/h1-19,34-35H;1-10H. The molecule has 54 heavy (non-hydrogen) atoms. The molecule has 0 saturated carbocycles. The van der Waals surface area contributed by atoms with Gasteiger partial charge in [-0.1, -0.05) is 133 Å². The molecule has 10 rings (SSSR count). The molecule has 0 radical (unpaired) electrons. The number of aromatic nitrogens is 5. The zero-order valence-corrected chi connectivity index (χ0v) is 29.6. The molecule has 258 valence electrons. The normalized spacial score (nSPS) is 11.2. The smallest absolute Gasteiger partial charge is 0.423 e. The van der Waals surface area contributed by atoms with Gasteiger partial charge >= 0.3 is 7.12 Å². The van der Waals surface area contributed by atoms with Gasteiger partial charge in [0.2, 0.25) is 5.28 Å². The summed E-state index contributed by atoms with van der Waals surface area (Å²) < 4.78 is 4.40. The first-order valence-corrected chi connectivity index (χ1v) is 17.9. The average Bonchev–Trinajstić information content (AvgIpc) is 3.75. The lowest BCUT2D eigenvalue weighted by molar-refractivity contribution is 0.425. The van der Waals surface area contributed by atoms with Crippen molar-refractivity contribution in [1.29, 1.82) is 0 Å². The Labute approximate surface area is 316 Å². The van der Waals surface area contributed by atoms with E-state index < -0.39 is 7.12 Å². The molecule has 0 amide bonds. The van der Waals surface area contributed by atoms with E-state index in [4.69, 9.17) is 11.6 Å². The van der Waals surface area contributed by atoms with Crippen molar-refractivity contribution < 1.29 is 10.0 Å². The molecule has 0 bridgehead atoms. The van der Waals surface area contributed by atoms with Crippen LogP contribution >= 0.6 is 11.6 Å². The Morgan fingerprint density at radius 1 is 0.407 bits per heavy atom. The Morgan fingerprint density at radius 3 is 1.09 bits per heavy atom. The fraction of sp³-hybridized carbons (Fsp3) is 0. The van der Waals surface area contributed by atoms with Gasteiger partial charge in [0.15, 0.2) is 11.6 Å². The third-order valence-electron chi connectivity index (χ3n) is 9.57. The summed E-state index contributed by atoms with van der Waals surface area (Å²) in [6.07, 6.45) is 0. The highest BCUT2D eigenvalue weighted by molar-refractivity contribution is 6.58. The monoisotopic (exact) mass is 719 g/mol. The molecule has 10 aromatic rings. The molecular formula is C45H31BClN5O2. The minimum absolute atomic E-state index is 0.202. The summed E-state index contributed by atoms with van der Waals surface area (Å²) in [5.41, 5.74) is 8.35. The maximum Gasteiger partial charge on any atom is 0.488 e. The highest BCUT2D eigenvalue weighted by Crippen LogP contribution is 2.35. The molecule has 9 heteroatoms. The van der Waals surface area contributed by atoms with E-state index in [1.54, 1.807) is 0 Å². The number of hydrogen-bond donors (Lipinski definition) is 2. The molecule has 7 nitrogen and oxygen atoms in total. The molecule has 3 aromatic heterocycles. The summed E-state index contributed by atoms with van der Waals surface area (Å²) in [5, 5.41) is 25.4. The van der Waals surface area contributed by atoms with Crippen LogP contribution in [0.4, 0.5) is 0 Å². The highest BCUT2D eigenvalue weighted by atomic mass is 35.5. The van der Waals surface area contributed by atoms with E-state index >= 15 is 0 Å². The molecule has 0 atom stereocenters. The molecule has 0 saturated heterocycles. The fourth-order valence-corrected chi connectivity index (χ4v) is 7.37. The predicted molar refractivity (Wildman–Crippen MR) is 221 cm³/mol. The SMILES string of the molecule is Clc1nc(-c2ccccc2)nc(-c2ccccc2)n1.OB(O)c1cc(-n2c3ccccc3c3ccccc32)cc(-n2c3ccccc3c3ccccc32)c1. The fourth-order valence-electron chi connectivity index (χ4n) is 7.21. The summed E-state index contributed by atoms with van der Waals surface area (Å²) in [6.45, 7) is 0. The van der Waals surface area contributed by atoms with Gasteiger partial charge in [0, 0.05) is 44.0 Å². The Bertz CT molecular complexity index is 2650. The zero-order valence-electron chi connectivity index (χ0n) is 28.8. The van der Waals surface area contributed by atoms with Gasteiger partial charge in [-0.15, -0.1) is 0 Å². The molecule has 0 aliphatic heterocycles. The Balaban J connectivity index is 0.000000171. The second-order valence-electron chi connectivity index (χ2n) is 12.9. The van der Waals surface area contributed by atoms with Crippen LogP contribution in [0.15, 0.2) is 176 Å². The van der Waals surface area contributed by atoms with E-state index in [0.29, 0.717) is 17.1 Å². The minimum Gasteiger partial charge on any atom is -0.423 e. The number of halogens is 1. The van der Waals surface area contributed by atoms with Gasteiger partial charge in [-0.2, -0.15) is 9.97 Å². The number of fused-ring (bicyclic) bond motifs is 6. The van der Waals surface area contributed by atoms with Crippen LogP contribution in [0, 0.1) is 0 Å². The summed E-state index contributed by atoms with van der Waals surface area (Å²) in [4.78, 5) is 12.8. The molecule has 0 spiro atoms. The number of para-hydroxylation sites is 4. The lowest BCUT2D eigenvalue weighted by atomic mass is 9.80. The van der Waals surface area contributed by atoms with Gasteiger partial charge in [-0.25, -0.2) is 4.98 Å². The molecule has 3 heterocycles. The van der Waals surface area contributed by atoms with Crippen LogP contribution < -0.4 is 5.46 Å². The molecule has 0 unspecified atom stereocenters. The van der Waals surface area contributed by atoms with Crippen LogP contribution in [0.1, 0.15) is 0 Å². The van der Waals surface area contributed by atoms with Crippen molar-refractivity contribution in [3.05, 3.63) is 181 Å². The third kappa shape index (κ3) is 6.08. The maximum atomic E-state index is 10.3. The molecule has 2 N–H and O–H groups in total. The van der Waals surface area contributed by atoms with Gasteiger partial charge in [-0.05, 0) is 59.5 Å². The number of rotatable bonds is 5. The van der Waals surface area contributed by atoms with E-state index in [0.717, 1.165) is 66.1 Å². The van der Waals surface area contributed by atoms with Gasteiger partial charge < -0.3 is 19.2 Å². The summed E-state index contributed by atoms with van der Waals surface area (Å²) in [6, 6.07) is 58.6. The Hall–Kier alpha value is -6.58. The van der Waals surface area contributed by atoms with Crippen LogP contribution in [0.3, 0.4) is 0 Å². The summed E-state index contributed by atoms with van der Waals surface area (Å²) in [7, 11) is -1.59.